The summed E-state index contributed by atoms with van der Waals surface area (Å²) >= 11 is 13.6. The van der Waals surface area contributed by atoms with Gasteiger partial charge in [0.1, 0.15) is 0 Å². The number of rotatable bonds is 5. The molecule has 0 unspecified atom stereocenters. The molecule has 1 amide bonds. The molecule has 3 aromatic rings. The molecule has 1 N–H and O–H groups in total. The van der Waals surface area contributed by atoms with Crippen molar-refractivity contribution in [2.75, 3.05) is 11.1 Å². The number of thioether (sulfide) groups is 1. The molecule has 0 radical (unpaired) electrons. The molecule has 3 rings (SSSR count). The fourth-order valence-electron chi connectivity index (χ4n) is 2.07. The van der Waals surface area contributed by atoms with Gasteiger partial charge >= 0.3 is 0 Å². The van der Waals surface area contributed by atoms with Gasteiger partial charge in [-0.2, -0.15) is 0 Å². The van der Waals surface area contributed by atoms with Gasteiger partial charge in [-0.05, 0) is 42.5 Å². The molecule has 0 spiro atoms. The number of aromatic nitrogens is 2. The molecule has 0 atom stereocenters. The second-order valence-electron chi connectivity index (χ2n) is 4.93. The van der Waals surface area contributed by atoms with Crippen molar-refractivity contribution in [1.82, 2.24) is 9.55 Å². The van der Waals surface area contributed by atoms with E-state index in [-0.39, 0.29) is 5.91 Å². The first kappa shape index (κ1) is 16.9. The largest absolute Gasteiger partial charge is 0.325 e. The summed E-state index contributed by atoms with van der Waals surface area (Å²) in [5.74, 6) is 0.212. The summed E-state index contributed by atoms with van der Waals surface area (Å²) < 4.78 is 1.81. The molecule has 0 saturated heterocycles. The van der Waals surface area contributed by atoms with E-state index in [1.807, 2.05) is 35.0 Å². The first-order valence-corrected chi connectivity index (χ1v) is 8.82. The minimum Gasteiger partial charge on any atom is -0.325 e. The van der Waals surface area contributed by atoms with Gasteiger partial charge in [-0.25, -0.2) is 4.98 Å². The topological polar surface area (TPSA) is 46.9 Å². The Morgan fingerprint density at radius 3 is 2.62 bits per heavy atom. The van der Waals surface area contributed by atoms with Gasteiger partial charge in [0, 0.05) is 28.0 Å². The quantitative estimate of drug-likeness (QED) is 0.642. The van der Waals surface area contributed by atoms with Crippen molar-refractivity contribution in [1.29, 1.82) is 0 Å². The van der Waals surface area contributed by atoms with Crippen LogP contribution in [0.1, 0.15) is 0 Å². The van der Waals surface area contributed by atoms with Gasteiger partial charge in [0.05, 0.1) is 22.8 Å². The lowest BCUT2D eigenvalue weighted by molar-refractivity contribution is -0.113. The SMILES string of the molecule is O=C(CSc1ccc(Cl)cc1)Nc1ccc(-n2ccnc2)c(Cl)c1. The summed E-state index contributed by atoms with van der Waals surface area (Å²) in [6, 6.07) is 12.8. The zero-order valence-corrected chi connectivity index (χ0v) is 14.8. The van der Waals surface area contributed by atoms with Crippen molar-refractivity contribution < 1.29 is 4.79 Å². The summed E-state index contributed by atoms with van der Waals surface area (Å²) in [7, 11) is 0. The number of carbonyl (C=O) groups is 1. The number of hydrogen-bond donors (Lipinski definition) is 1. The average Bonchev–Trinajstić information content (AvgIpc) is 3.09. The fourth-order valence-corrected chi connectivity index (χ4v) is 3.18. The third-order valence-corrected chi connectivity index (χ3v) is 4.76. The highest BCUT2D eigenvalue weighted by molar-refractivity contribution is 8.00. The van der Waals surface area contributed by atoms with Gasteiger partial charge < -0.3 is 9.88 Å². The summed E-state index contributed by atoms with van der Waals surface area (Å²) in [6.45, 7) is 0. The molecule has 24 heavy (non-hydrogen) atoms. The fraction of sp³-hybridized carbons (Fsp3) is 0.0588. The van der Waals surface area contributed by atoms with E-state index < -0.39 is 0 Å². The molecular formula is C17H13Cl2N3OS. The Labute approximate surface area is 153 Å². The van der Waals surface area contributed by atoms with E-state index in [4.69, 9.17) is 23.2 Å². The van der Waals surface area contributed by atoms with Crippen LogP contribution in [0.2, 0.25) is 10.0 Å². The molecule has 122 valence electrons. The molecule has 0 bridgehead atoms. The third-order valence-electron chi connectivity index (χ3n) is 3.20. The minimum atomic E-state index is -0.0959. The number of imidazole rings is 1. The van der Waals surface area contributed by atoms with E-state index in [0.717, 1.165) is 10.6 Å². The van der Waals surface area contributed by atoms with Crippen LogP contribution in [0.25, 0.3) is 5.69 Å². The third kappa shape index (κ3) is 4.32. The predicted molar refractivity (Wildman–Crippen MR) is 99.4 cm³/mol. The maximum Gasteiger partial charge on any atom is 0.234 e. The van der Waals surface area contributed by atoms with Crippen LogP contribution in [0, 0.1) is 0 Å². The first-order valence-electron chi connectivity index (χ1n) is 7.08. The number of anilines is 1. The van der Waals surface area contributed by atoms with Gasteiger partial charge in [0.25, 0.3) is 0 Å². The second kappa shape index (κ2) is 7.75. The molecule has 0 fully saturated rings. The zero-order valence-electron chi connectivity index (χ0n) is 12.4. The normalized spacial score (nSPS) is 10.6. The van der Waals surface area contributed by atoms with Gasteiger partial charge in [-0.15, -0.1) is 11.8 Å². The molecule has 0 aliphatic carbocycles. The maximum atomic E-state index is 12.1. The van der Waals surface area contributed by atoms with Gasteiger partial charge in [0.2, 0.25) is 5.91 Å². The number of nitrogens with one attached hydrogen (secondary N) is 1. The van der Waals surface area contributed by atoms with Crippen LogP contribution in [0.4, 0.5) is 5.69 Å². The maximum absolute atomic E-state index is 12.1. The highest BCUT2D eigenvalue weighted by Gasteiger charge is 2.07. The predicted octanol–water partition coefficient (Wildman–Crippen LogP) is 4.91. The Kier molecular flexibility index (Phi) is 5.45. The number of carbonyl (C=O) groups excluding carboxylic acids is 1. The molecule has 4 nitrogen and oxygen atoms in total. The number of nitrogens with zero attached hydrogens (tertiary/aromatic N) is 2. The first-order chi connectivity index (χ1) is 11.6. The van der Waals surface area contributed by atoms with Crippen LogP contribution in [0.5, 0.6) is 0 Å². The van der Waals surface area contributed by atoms with Crippen LogP contribution in [0.3, 0.4) is 0 Å². The summed E-state index contributed by atoms with van der Waals surface area (Å²) in [5, 5.41) is 4.06. The molecule has 0 saturated carbocycles. The van der Waals surface area contributed by atoms with E-state index in [2.05, 4.69) is 10.3 Å². The van der Waals surface area contributed by atoms with Crippen molar-refractivity contribution >= 4 is 46.6 Å². The smallest absolute Gasteiger partial charge is 0.234 e. The summed E-state index contributed by atoms with van der Waals surface area (Å²) in [6.07, 6.45) is 5.16. The van der Waals surface area contributed by atoms with Crippen LogP contribution >= 0.6 is 35.0 Å². The minimum absolute atomic E-state index is 0.0959. The Morgan fingerprint density at radius 1 is 1.17 bits per heavy atom. The van der Waals surface area contributed by atoms with Gasteiger partial charge in [-0.1, -0.05) is 23.2 Å². The highest BCUT2D eigenvalue weighted by atomic mass is 35.5. The van der Waals surface area contributed by atoms with Crippen LogP contribution in [-0.2, 0) is 4.79 Å². The van der Waals surface area contributed by atoms with Crippen molar-refractivity contribution in [2.24, 2.45) is 0 Å². The number of hydrogen-bond acceptors (Lipinski definition) is 3. The van der Waals surface area contributed by atoms with Crippen LogP contribution in [0.15, 0.2) is 66.1 Å². The molecule has 1 aromatic heterocycles. The molecule has 2 aromatic carbocycles. The number of halogens is 2. The van der Waals surface area contributed by atoms with Crippen molar-refractivity contribution in [3.05, 3.63) is 71.2 Å². The average molecular weight is 378 g/mol. The monoisotopic (exact) mass is 377 g/mol. The van der Waals surface area contributed by atoms with Crippen molar-refractivity contribution in [3.63, 3.8) is 0 Å². The van der Waals surface area contributed by atoms with Crippen molar-refractivity contribution in [2.45, 2.75) is 4.90 Å². The summed E-state index contributed by atoms with van der Waals surface area (Å²) in [4.78, 5) is 17.0. The van der Waals surface area contributed by atoms with Gasteiger partial charge in [-0.3, -0.25) is 4.79 Å². The Hall–Kier alpha value is -1.95. The molecule has 0 aliphatic heterocycles. The number of amides is 1. The lowest BCUT2D eigenvalue weighted by Crippen LogP contribution is -2.14. The van der Waals surface area contributed by atoms with E-state index in [9.17, 15) is 4.79 Å². The van der Waals surface area contributed by atoms with E-state index >= 15 is 0 Å². The summed E-state index contributed by atoms with van der Waals surface area (Å²) in [5.41, 5.74) is 1.47. The van der Waals surface area contributed by atoms with E-state index in [1.165, 1.54) is 11.8 Å². The highest BCUT2D eigenvalue weighted by Crippen LogP contribution is 2.25. The van der Waals surface area contributed by atoms with Crippen LogP contribution < -0.4 is 5.32 Å². The van der Waals surface area contributed by atoms with E-state index in [1.54, 1.807) is 30.7 Å². The zero-order chi connectivity index (χ0) is 16.9. The standard InChI is InChI=1S/C17H13Cl2N3OS/c18-12-1-4-14(5-2-12)24-10-17(23)21-13-3-6-16(15(19)9-13)22-8-7-20-11-22/h1-9,11H,10H2,(H,21,23). The Bertz CT molecular complexity index is 836. The van der Waals surface area contributed by atoms with Crippen LogP contribution in [-0.4, -0.2) is 21.2 Å². The Balaban J connectivity index is 1.60. The second-order valence-corrected chi connectivity index (χ2v) is 6.82. The molecular weight excluding hydrogens is 365 g/mol. The lowest BCUT2D eigenvalue weighted by atomic mass is 10.2. The van der Waals surface area contributed by atoms with Gasteiger partial charge in [0.15, 0.2) is 0 Å². The number of benzene rings is 2. The van der Waals surface area contributed by atoms with Crippen molar-refractivity contribution in [3.8, 4) is 5.69 Å². The molecule has 0 aliphatic rings. The Morgan fingerprint density at radius 2 is 1.96 bits per heavy atom. The lowest BCUT2D eigenvalue weighted by Gasteiger charge is -2.09. The molecule has 7 heteroatoms. The van der Waals surface area contributed by atoms with E-state index in [0.29, 0.717) is 21.5 Å². The molecule has 1 heterocycles.